The molecule has 0 fully saturated rings. The van der Waals surface area contributed by atoms with E-state index in [4.69, 9.17) is 10.2 Å². The summed E-state index contributed by atoms with van der Waals surface area (Å²) in [6.45, 7) is 0. The Morgan fingerprint density at radius 1 is 0.684 bits per heavy atom. The molecular formula is C15H14O4. The van der Waals surface area contributed by atoms with Gasteiger partial charge < -0.3 is 10.2 Å². The Bertz CT molecular complexity index is 471. The minimum atomic E-state index is -1.31. The molecular weight excluding hydrogens is 244 g/mol. The Labute approximate surface area is 111 Å². The van der Waals surface area contributed by atoms with Crippen LogP contribution in [0.3, 0.4) is 0 Å². The maximum atomic E-state index is 9.43. The van der Waals surface area contributed by atoms with Crippen LogP contribution in [-0.2, 0) is 9.59 Å². The van der Waals surface area contributed by atoms with E-state index in [1.807, 2.05) is 12.1 Å². The standard InChI is InChI=1S/C12H10.C3H4O4/c1-3-7-11(8-4-1)12-9-5-2-6-10-12;4-2(5)1-3(6)7/h1-10H;1H2,(H,4,5)(H,6,7). The second kappa shape index (κ2) is 7.66. The summed E-state index contributed by atoms with van der Waals surface area (Å²) in [5, 5.41) is 15.4. The van der Waals surface area contributed by atoms with E-state index in [0.29, 0.717) is 0 Å². The van der Waals surface area contributed by atoms with Crippen molar-refractivity contribution in [3.63, 3.8) is 0 Å². The summed E-state index contributed by atoms with van der Waals surface area (Å²) in [5.74, 6) is -2.62. The predicted molar refractivity (Wildman–Crippen MR) is 71.8 cm³/mol. The van der Waals surface area contributed by atoms with Crippen molar-refractivity contribution >= 4 is 11.9 Å². The van der Waals surface area contributed by atoms with Gasteiger partial charge in [0.15, 0.2) is 0 Å². The predicted octanol–water partition coefficient (Wildman–Crippen LogP) is 2.90. The molecule has 0 saturated carbocycles. The highest BCUT2D eigenvalue weighted by molar-refractivity contribution is 5.88. The molecule has 0 spiro atoms. The van der Waals surface area contributed by atoms with Crippen LogP contribution in [-0.4, -0.2) is 22.2 Å². The van der Waals surface area contributed by atoms with Gasteiger partial charge in [0.25, 0.3) is 0 Å². The van der Waals surface area contributed by atoms with Gasteiger partial charge in [-0.2, -0.15) is 0 Å². The first-order chi connectivity index (χ1) is 9.09. The van der Waals surface area contributed by atoms with Gasteiger partial charge >= 0.3 is 11.9 Å². The Morgan fingerprint density at radius 2 is 1.00 bits per heavy atom. The van der Waals surface area contributed by atoms with Crippen molar-refractivity contribution < 1.29 is 19.8 Å². The van der Waals surface area contributed by atoms with Crippen LogP contribution in [0.2, 0.25) is 0 Å². The SMILES string of the molecule is O=C(O)CC(=O)O.c1ccc(-c2ccccc2)cc1. The van der Waals surface area contributed by atoms with Gasteiger partial charge in [0.2, 0.25) is 0 Å². The Morgan fingerprint density at radius 3 is 1.21 bits per heavy atom. The van der Waals surface area contributed by atoms with Crippen molar-refractivity contribution in [1.29, 1.82) is 0 Å². The maximum absolute atomic E-state index is 9.43. The first kappa shape index (κ1) is 14.4. The van der Waals surface area contributed by atoms with Crippen molar-refractivity contribution in [3.05, 3.63) is 60.7 Å². The van der Waals surface area contributed by atoms with E-state index in [9.17, 15) is 9.59 Å². The van der Waals surface area contributed by atoms with E-state index < -0.39 is 18.4 Å². The fraction of sp³-hybridized carbons (Fsp3) is 0.0667. The smallest absolute Gasteiger partial charge is 0.314 e. The molecule has 0 saturated heterocycles. The number of carboxylic acid groups (broad SMARTS) is 2. The van der Waals surface area contributed by atoms with Crippen LogP contribution in [0.25, 0.3) is 11.1 Å². The molecule has 98 valence electrons. The highest BCUT2D eigenvalue weighted by Crippen LogP contribution is 2.17. The van der Waals surface area contributed by atoms with Gasteiger partial charge in [-0.1, -0.05) is 60.7 Å². The molecule has 0 unspecified atom stereocenters. The molecule has 0 aliphatic carbocycles. The quantitative estimate of drug-likeness (QED) is 0.830. The fourth-order valence-corrected chi connectivity index (χ4v) is 1.39. The molecule has 4 heteroatoms. The molecule has 2 aromatic carbocycles. The van der Waals surface area contributed by atoms with E-state index in [-0.39, 0.29) is 0 Å². The van der Waals surface area contributed by atoms with Gasteiger partial charge in [-0.25, -0.2) is 0 Å². The van der Waals surface area contributed by atoms with E-state index >= 15 is 0 Å². The third-order valence-electron chi connectivity index (χ3n) is 2.18. The van der Waals surface area contributed by atoms with Crippen LogP contribution in [0.5, 0.6) is 0 Å². The van der Waals surface area contributed by atoms with Crippen LogP contribution in [0.4, 0.5) is 0 Å². The average molecular weight is 258 g/mol. The van der Waals surface area contributed by atoms with Gasteiger partial charge in [0.1, 0.15) is 6.42 Å². The second-order valence-corrected chi connectivity index (χ2v) is 3.70. The molecule has 2 N–H and O–H groups in total. The van der Waals surface area contributed by atoms with Crippen LogP contribution >= 0.6 is 0 Å². The molecule has 19 heavy (non-hydrogen) atoms. The summed E-state index contributed by atoms with van der Waals surface area (Å²) in [5.41, 5.74) is 2.55. The van der Waals surface area contributed by atoms with Crippen molar-refractivity contribution in [2.45, 2.75) is 6.42 Å². The Balaban J connectivity index is 0.000000224. The normalized spacial score (nSPS) is 9.05. The highest BCUT2D eigenvalue weighted by Gasteiger charge is 2.01. The molecule has 0 heterocycles. The molecule has 0 radical (unpaired) electrons. The van der Waals surface area contributed by atoms with Gasteiger partial charge in [0, 0.05) is 0 Å². The van der Waals surface area contributed by atoms with Crippen LogP contribution < -0.4 is 0 Å². The lowest BCUT2D eigenvalue weighted by Gasteiger charge is -1.98. The average Bonchev–Trinajstić information content (AvgIpc) is 2.40. The summed E-state index contributed by atoms with van der Waals surface area (Å²) in [6, 6.07) is 20.8. The number of carbonyl (C=O) groups is 2. The molecule has 0 amide bonds. The van der Waals surface area contributed by atoms with Gasteiger partial charge in [-0.05, 0) is 11.1 Å². The topological polar surface area (TPSA) is 74.6 Å². The zero-order chi connectivity index (χ0) is 14.1. The first-order valence-corrected chi connectivity index (χ1v) is 5.63. The molecule has 0 aromatic heterocycles. The third-order valence-corrected chi connectivity index (χ3v) is 2.18. The van der Waals surface area contributed by atoms with Gasteiger partial charge in [-0.3, -0.25) is 9.59 Å². The number of aliphatic carboxylic acids is 2. The van der Waals surface area contributed by atoms with Crippen molar-refractivity contribution in [1.82, 2.24) is 0 Å². The van der Waals surface area contributed by atoms with E-state index in [1.54, 1.807) is 0 Å². The zero-order valence-corrected chi connectivity index (χ0v) is 10.2. The van der Waals surface area contributed by atoms with E-state index in [2.05, 4.69) is 48.5 Å². The Kier molecular flexibility index (Phi) is 5.82. The molecule has 2 rings (SSSR count). The second-order valence-electron chi connectivity index (χ2n) is 3.70. The largest absolute Gasteiger partial charge is 0.481 e. The zero-order valence-electron chi connectivity index (χ0n) is 10.2. The fourth-order valence-electron chi connectivity index (χ4n) is 1.39. The number of hydrogen-bond acceptors (Lipinski definition) is 2. The molecule has 0 bridgehead atoms. The molecule has 4 nitrogen and oxygen atoms in total. The molecule has 2 aromatic rings. The van der Waals surface area contributed by atoms with Crippen molar-refractivity contribution in [3.8, 4) is 11.1 Å². The van der Waals surface area contributed by atoms with E-state index in [1.165, 1.54) is 11.1 Å². The number of benzene rings is 2. The monoisotopic (exact) mass is 258 g/mol. The summed E-state index contributed by atoms with van der Waals surface area (Å²) in [4.78, 5) is 18.9. The van der Waals surface area contributed by atoms with Crippen LogP contribution in [0.15, 0.2) is 60.7 Å². The molecule has 0 aliphatic heterocycles. The maximum Gasteiger partial charge on any atom is 0.314 e. The lowest BCUT2D eigenvalue weighted by molar-refractivity contribution is -0.147. The van der Waals surface area contributed by atoms with Gasteiger partial charge in [-0.15, -0.1) is 0 Å². The van der Waals surface area contributed by atoms with Crippen molar-refractivity contribution in [2.24, 2.45) is 0 Å². The number of hydrogen-bond donors (Lipinski definition) is 2. The van der Waals surface area contributed by atoms with Crippen LogP contribution in [0, 0.1) is 0 Å². The molecule has 0 atom stereocenters. The minimum absolute atomic E-state index is 0.806. The third kappa shape index (κ3) is 6.02. The van der Waals surface area contributed by atoms with E-state index in [0.717, 1.165) is 0 Å². The first-order valence-electron chi connectivity index (χ1n) is 5.63. The van der Waals surface area contributed by atoms with Crippen molar-refractivity contribution in [2.75, 3.05) is 0 Å². The number of carboxylic acids is 2. The summed E-state index contributed by atoms with van der Waals surface area (Å²) >= 11 is 0. The van der Waals surface area contributed by atoms with Gasteiger partial charge in [0.05, 0.1) is 0 Å². The van der Waals surface area contributed by atoms with Crippen LogP contribution in [0.1, 0.15) is 6.42 Å². The molecule has 0 aliphatic rings. The minimum Gasteiger partial charge on any atom is -0.481 e. The summed E-state index contributed by atoms with van der Waals surface area (Å²) in [6.07, 6.45) is -0.806. The lowest BCUT2D eigenvalue weighted by Crippen LogP contribution is -2.03. The summed E-state index contributed by atoms with van der Waals surface area (Å²) in [7, 11) is 0. The Hall–Kier alpha value is -2.62. The summed E-state index contributed by atoms with van der Waals surface area (Å²) < 4.78 is 0. The highest BCUT2D eigenvalue weighted by atomic mass is 16.4. The lowest BCUT2D eigenvalue weighted by atomic mass is 10.1. The number of rotatable bonds is 3.